The molecule has 2 aromatic heterocycles. The summed E-state index contributed by atoms with van der Waals surface area (Å²) >= 11 is 0. The molecule has 0 saturated carbocycles. The number of rotatable bonds is 4. The Bertz CT molecular complexity index is 1400. The topological polar surface area (TPSA) is 100.0 Å². The van der Waals surface area contributed by atoms with Gasteiger partial charge in [0.25, 0.3) is 0 Å². The third kappa shape index (κ3) is 3.95. The lowest BCUT2D eigenvalue weighted by Gasteiger charge is -2.37. The largest absolute Gasteiger partial charge is 0.383 e. The molecule has 0 bridgehead atoms. The second-order valence-corrected chi connectivity index (χ2v) is 9.00. The van der Waals surface area contributed by atoms with Gasteiger partial charge in [-0.1, -0.05) is 12.1 Å². The number of aliphatic hydroxyl groups is 1. The Balaban J connectivity index is 1.26. The van der Waals surface area contributed by atoms with Crippen LogP contribution in [0.5, 0.6) is 0 Å². The van der Waals surface area contributed by atoms with Crippen LogP contribution < -0.4 is 0 Å². The lowest BCUT2D eigenvalue weighted by atomic mass is 9.88. The summed E-state index contributed by atoms with van der Waals surface area (Å²) in [6, 6.07) is 15.3. The van der Waals surface area contributed by atoms with E-state index in [4.69, 9.17) is 10.2 Å². The molecule has 0 aliphatic carbocycles. The number of nitriles is 1. The van der Waals surface area contributed by atoms with Crippen molar-refractivity contribution in [2.75, 3.05) is 13.1 Å². The van der Waals surface area contributed by atoms with Crippen LogP contribution in [0.3, 0.4) is 0 Å². The number of nitrogens with zero attached hydrogens (tertiary/aromatic N) is 6. The Kier molecular flexibility index (Phi) is 5.42. The van der Waals surface area contributed by atoms with Crippen LogP contribution in [0.4, 0.5) is 0 Å². The van der Waals surface area contributed by atoms with Crippen LogP contribution in [-0.4, -0.2) is 48.3 Å². The Morgan fingerprint density at radius 1 is 1.15 bits per heavy atom. The minimum Gasteiger partial charge on any atom is -0.383 e. The number of likely N-dealkylation sites (tertiary alicyclic amines) is 1. The van der Waals surface area contributed by atoms with Crippen LogP contribution >= 0.6 is 0 Å². The van der Waals surface area contributed by atoms with E-state index >= 15 is 0 Å². The fourth-order valence-corrected chi connectivity index (χ4v) is 4.62. The highest BCUT2D eigenvalue weighted by molar-refractivity contribution is 5.83. The summed E-state index contributed by atoms with van der Waals surface area (Å²) in [4.78, 5) is 19.5. The smallest absolute Gasteiger partial charge is 0.226 e. The van der Waals surface area contributed by atoms with Crippen molar-refractivity contribution < 1.29 is 9.90 Å². The minimum absolute atomic E-state index is 0.0582. The molecule has 5 rings (SSSR count). The van der Waals surface area contributed by atoms with Gasteiger partial charge in [0.2, 0.25) is 5.91 Å². The normalized spacial score (nSPS) is 15.4. The molecule has 2 aromatic carbocycles. The van der Waals surface area contributed by atoms with Gasteiger partial charge in [-0.25, -0.2) is 4.98 Å². The fourth-order valence-electron chi connectivity index (χ4n) is 4.62. The number of imidazole rings is 1. The maximum absolute atomic E-state index is 12.9. The molecule has 8 nitrogen and oxygen atoms in total. The number of aromatic nitrogens is 4. The molecule has 3 heterocycles. The molecule has 0 atom stereocenters. The Hall–Kier alpha value is -3.96. The summed E-state index contributed by atoms with van der Waals surface area (Å²) < 4.78 is 3.70. The van der Waals surface area contributed by atoms with E-state index < -0.39 is 5.60 Å². The number of carbonyl (C=O) groups excluding carboxylic acids is 1. The summed E-state index contributed by atoms with van der Waals surface area (Å²) in [5.41, 5.74) is 2.98. The predicted molar refractivity (Wildman–Crippen MR) is 127 cm³/mol. The zero-order valence-electron chi connectivity index (χ0n) is 19.3. The van der Waals surface area contributed by atoms with Gasteiger partial charge in [-0.2, -0.15) is 10.4 Å². The number of hydrogen-bond acceptors (Lipinski definition) is 5. The lowest BCUT2D eigenvalue weighted by Crippen LogP contribution is -2.45. The van der Waals surface area contributed by atoms with E-state index in [1.165, 1.54) is 0 Å². The quantitative estimate of drug-likeness (QED) is 0.511. The highest BCUT2D eigenvalue weighted by atomic mass is 16.3. The van der Waals surface area contributed by atoms with E-state index in [1.54, 1.807) is 12.1 Å². The van der Waals surface area contributed by atoms with E-state index in [1.807, 2.05) is 71.0 Å². The minimum atomic E-state index is -1.08. The van der Waals surface area contributed by atoms with Gasteiger partial charge in [0.05, 0.1) is 35.5 Å². The maximum Gasteiger partial charge on any atom is 0.226 e. The van der Waals surface area contributed by atoms with Gasteiger partial charge in [0, 0.05) is 44.3 Å². The van der Waals surface area contributed by atoms with Crippen molar-refractivity contribution in [3.8, 4) is 17.5 Å². The summed E-state index contributed by atoms with van der Waals surface area (Å²) in [6.45, 7) is 0.956. The number of piperidine rings is 1. The SMILES string of the molecule is Cn1cc(C2(O)CCN(C(=O)Cc3ccc4cnn(C)c4c3)CC2)nc1-c1ccc(C#N)cc1. The van der Waals surface area contributed by atoms with E-state index in [0.717, 1.165) is 27.9 Å². The molecule has 1 saturated heterocycles. The number of hydrogen-bond donors (Lipinski definition) is 1. The average molecular weight is 455 g/mol. The van der Waals surface area contributed by atoms with E-state index in [9.17, 15) is 9.90 Å². The number of amides is 1. The molecule has 172 valence electrons. The third-order valence-electron chi connectivity index (χ3n) is 6.74. The zero-order valence-corrected chi connectivity index (χ0v) is 19.3. The molecule has 1 N–H and O–H groups in total. The van der Waals surface area contributed by atoms with Crippen molar-refractivity contribution in [3.63, 3.8) is 0 Å². The average Bonchev–Trinajstić information content (AvgIpc) is 3.42. The van der Waals surface area contributed by atoms with Gasteiger partial charge in [0.1, 0.15) is 11.4 Å². The van der Waals surface area contributed by atoms with Crippen LogP contribution in [0, 0.1) is 11.3 Å². The Morgan fingerprint density at radius 3 is 2.59 bits per heavy atom. The first-order valence-corrected chi connectivity index (χ1v) is 11.3. The Morgan fingerprint density at radius 2 is 1.88 bits per heavy atom. The third-order valence-corrected chi connectivity index (χ3v) is 6.74. The summed E-state index contributed by atoms with van der Waals surface area (Å²) in [5.74, 6) is 0.792. The van der Waals surface area contributed by atoms with Crippen molar-refractivity contribution in [1.82, 2.24) is 24.2 Å². The second-order valence-electron chi connectivity index (χ2n) is 9.00. The van der Waals surface area contributed by atoms with Gasteiger partial charge in [-0.15, -0.1) is 0 Å². The summed E-state index contributed by atoms with van der Waals surface area (Å²) in [6.07, 6.45) is 4.86. The second kappa shape index (κ2) is 8.43. The number of carbonyl (C=O) groups is 1. The van der Waals surface area contributed by atoms with Gasteiger partial charge in [0.15, 0.2) is 0 Å². The molecule has 0 unspecified atom stereocenters. The fraction of sp³-hybridized carbons (Fsp3) is 0.308. The van der Waals surface area contributed by atoms with Crippen LogP contribution in [0.15, 0.2) is 54.9 Å². The van der Waals surface area contributed by atoms with Crippen molar-refractivity contribution in [3.05, 3.63) is 71.7 Å². The molecule has 1 aliphatic heterocycles. The summed E-state index contributed by atoms with van der Waals surface area (Å²) in [7, 11) is 3.79. The predicted octanol–water partition coefficient (Wildman–Crippen LogP) is 2.90. The first-order valence-electron chi connectivity index (χ1n) is 11.3. The number of fused-ring (bicyclic) bond motifs is 1. The molecule has 4 aromatic rings. The van der Waals surface area contributed by atoms with E-state index in [2.05, 4.69) is 11.2 Å². The molecular formula is C26H26N6O2. The number of aryl methyl sites for hydroxylation is 2. The van der Waals surface area contributed by atoms with Crippen molar-refractivity contribution >= 4 is 16.8 Å². The van der Waals surface area contributed by atoms with Crippen LogP contribution in [-0.2, 0) is 30.9 Å². The Labute approximate surface area is 197 Å². The van der Waals surface area contributed by atoms with E-state index in [0.29, 0.717) is 43.6 Å². The maximum atomic E-state index is 12.9. The van der Waals surface area contributed by atoms with Gasteiger partial charge >= 0.3 is 0 Å². The molecular weight excluding hydrogens is 428 g/mol. The molecule has 1 aliphatic rings. The molecule has 8 heteroatoms. The first kappa shape index (κ1) is 21.9. The van der Waals surface area contributed by atoms with Crippen molar-refractivity contribution in [2.24, 2.45) is 14.1 Å². The van der Waals surface area contributed by atoms with E-state index in [-0.39, 0.29) is 5.91 Å². The summed E-state index contributed by atoms with van der Waals surface area (Å²) in [5, 5.41) is 25.7. The molecule has 1 fully saturated rings. The molecule has 0 radical (unpaired) electrons. The van der Waals surface area contributed by atoms with Crippen molar-refractivity contribution in [1.29, 1.82) is 5.26 Å². The highest BCUT2D eigenvalue weighted by Crippen LogP contribution is 2.34. The van der Waals surface area contributed by atoms with Crippen LogP contribution in [0.1, 0.15) is 29.7 Å². The zero-order chi connectivity index (χ0) is 23.9. The monoisotopic (exact) mass is 454 g/mol. The standard InChI is InChI=1S/C26H26N6O2/c1-30-17-23(29-25(30)20-6-3-18(15-27)4-7-20)26(34)9-11-32(12-10-26)24(33)14-19-5-8-21-16-28-31(2)22(21)13-19/h3-8,13,16-17,34H,9-12,14H2,1-2H3. The van der Waals surface area contributed by atoms with Gasteiger partial charge < -0.3 is 14.6 Å². The van der Waals surface area contributed by atoms with Crippen molar-refractivity contribution in [2.45, 2.75) is 24.9 Å². The van der Waals surface area contributed by atoms with Crippen LogP contribution in [0.25, 0.3) is 22.3 Å². The first-order chi connectivity index (χ1) is 16.4. The molecule has 1 amide bonds. The number of benzene rings is 2. The molecule has 34 heavy (non-hydrogen) atoms. The lowest BCUT2D eigenvalue weighted by molar-refractivity contribution is -0.135. The van der Waals surface area contributed by atoms with Gasteiger partial charge in [-0.3, -0.25) is 9.48 Å². The highest BCUT2D eigenvalue weighted by Gasteiger charge is 2.37. The van der Waals surface area contributed by atoms with Crippen LogP contribution in [0.2, 0.25) is 0 Å². The van der Waals surface area contributed by atoms with Gasteiger partial charge in [-0.05, 0) is 48.7 Å². The molecule has 0 spiro atoms.